The number of Topliss-reactive ketones (excluding diaryl/α,β-unsaturated/α-hetero) is 1. The van der Waals surface area contributed by atoms with Gasteiger partial charge in [0.25, 0.3) is 5.91 Å². The predicted octanol–water partition coefficient (Wildman–Crippen LogP) is 3.68. The van der Waals surface area contributed by atoms with Crippen LogP contribution in [0.15, 0.2) is 53.1 Å². The number of rotatable bonds is 9. The highest BCUT2D eigenvalue weighted by Crippen LogP contribution is 2.42. The lowest BCUT2D eigenvalue weighted by molar-refractivity contribution is -0.129. The lowest BCUT2D eigenvalue weighted by atomic mass is 9.94. The van der Waals surface area contributed by atoms with Gasteiger partial charge >= 0.3 is 0 Å². The monoisotopic (exact) mass is 414 g/mol. The summed E-state index contributed by atoms with van der Waals surface area (Å²) in [5, 5.41) is 12.5. The zero-order valence-electron chi connectivity index (χ0n) is 16.9. The maximum atomic E-state index is 13.2. The van der Waals surface area contributed by atoms with E-state index in [0.29, 0.717) is 29.3 Å². The van der Waals surface area contributed by atoms with Gasteiger partial charge in [0.2, 0.25) is 5.78 Å². The van der Waals surface area contributed by atoms with Gasteiger partial charge in [0.05, 0.1) is 23.6 Å². The van der Waals surface area contributed by atoms with Crippen LogP contribution in [-0.2, 0) is 4.79 Å². The Bertz CT molecular complexity index is 903. The van der Waals surface area contributed by atoms with Crippen LogP contribution in [0.4, 0.5) is 0 Å². The van der Waals surface area contributed by atoms with Crippen LogP contribution in [0.5, 0.6) is 5.75 Å². The van der Waals surface area contributed by atoms with Crippen LogP contribution in [0, 0.1) is 0 Å². The van der Waals surface area contributed by atoms with Crippen LogP contribution in [0.2, 0.25) is 0 Å². The Morgan fingerprint density at radius 2 is 1.93 bits per heavy atom. The van der Waals surface area contributed by atoms with E-state index in [1.165, 1.54) is 11.3 Å². The number of likely N-dealkylation sites (N-methyl/N-ethyl adjacent to an activating group) is 1. The van der Waals surface area contributed by atoms with Crippen molar-refractivity contribution in [1.29, 1.82) is 0 Å². The lowest BCUT2D eigenvalue weighted by Crippen LogP contribution is -2.38. The molecule has 2 aromatic rings. The molecule has 0 aliphatic carbocycles. The SMILES string of the molecule is CCN(CC)CCN1C(=O)C(O)=C(C(=O)c2cccs2)[C@H]1c1ccccc1OC. The summed E-state index contributed by atoms with van der Waals surface area (Å²) in [6.07, 6.45) is 0. The predicted molar refractivity (Wildman–Crippen MR) is 114 cm³/mol. The highest BCUT2D eigenvalue weighted by molar-refractivity contribution is 7.12. The van der Waals surface area contributed by atoms with Gasteiger partial charge in [-0.3, -0.25) is 9.59 Å². The second-order valence-electron chi connectivity index (χ2n) is 6.74. The Morgan fingerprint density at radius 3 is 2.55 bits per heavy atom. The molecule has 6 nitrogen and oxygen atoms in total. The van der Waals surface area contributed by atoms with E-state index >= 15 is 0 Å². The minimum Gasteiger partial charge on any atom is -0.503 e. The standard InChI is InChI=1S/C22H26N2O4S/c1-4-23(5-2)12-13-24-19(15-9-6-7-10-16(15)28-3)18(21(26)22(24)27)20(25)17-11-8-14-29-17/h6-11,14,19,26H,4-5,12-13H2,1-3H3/t19-/m1/s1. The smallest absolute Gasteiger partial charge is 0.290 e. The molecule has 0 spiro atoms. The van der Waals surface area contributed by atoms with E-state index < -0.39 is 17.7 Å². The fourth-order valence-corrected chi connectivity index (χ4v) is 4.34. The third kappa shape index (κ3) is 4.06. The maximum Gasteiger partial charge on any atom is 0.290 e. The Morgan fingerprint density at radius 1 is 1.21 bits per heavy atom. The fourth-order valence-electron chi connectivity index (χ4n) is 3.66. The first kappa shape index (κ1) is 21.1. The summed E-state index contributed by atoms with van der Waals surface area (Å²) in [4.78, 5) is 30.4. The van der Waals surface area contributed by atoms with Crippen molar-refractivity contribution in [3.05, 3.63) is 63.6 Å². The van der Waals surface area contributed by atoms with Crippen LogP contribution >= 0.6 is 11.3 Å². The summed E-state index contributed by atoms with van der Waals surface area (Å²) in [6, 6.07) is 10.1. The number of carbonyl (C=O) groups excluding carboxylic acids is 2. The summed E-state index contributed by atoms with van der Waals surface area (Å²) in [5.41, 5.74) is 0.799. The third-order valence-corrected chi connectivity index (χ3v) is 6.15. The zero-order valence-corrected chi connectivity index (χ0v) is 17.7. The Balaban J connectivity index is 2.05. The Labute approximate surface area is 175 Å². The van der Waals surface area contributed by atoms with Crippen LogP contribution in [0.1, 0.15) is 35.1 Å². The van der Waals surface area contributed by atoms with Crippen molar-refractivity contribution in [2.24, 2.45) is 0 Å². The van der Waals surface area contributed by atoms with Crippen LogP contribution in [-0.4, -0.2) is 59.9 Å². The molecule has 1 amide bonds. The van der Waals surface area contributed by atoms with Crippen molar-refractivity contribution >= 4 is 23.0 Å². The first-order valence-corrected chi connectivity index (χ1v) is 10.6. The average molecular weight is 415 g/mol. The first-order chi connectivity index (χ1) is 14.0. The van der Waals surface area contributed by atoms with E-state index in [-0.39, 0.29) is 11.4 Å². The molecule has 3 rings (SSSR count). The molecule has 0 bridgehead atoms. The largest absolute Gasteiger partial charge is 0.503 e. The molecule has 2 heterocycles. The van der Waals surface area contributed by atoms with Crippen molar-refractivity contribution < 1.29 is 19.4 Å². The molecule has 1 atom stereocenters. The van der Waals surface area contributed by atoms with Crippen molar-refractivity contribution in [2.45, 2.75) is 19.9 Å². The number of hydrogen-bond donors (Lipinski definition) is 1. The number of aliphatic hydroxyl groups excluding tert-OH is 1. The van der Waals surface area contributed by atoms with Gasteiger partial charge in [0.15, 0.2) is 5.76 Å². The molecule has 1 aromatic heterocycles. The number of aliphatic hydroxyl groups is 1. The Kier molecular flexibility index (Phi) is 6.71. The highest BCUT2D eigenvalue weighted by atomic mass is 32.1. The lowest BCUT2D eigenvalue weighted by Gasteiger charge is -2.30. The number of hydrogen-bond acceptors (Lipinski definition) is 6. The van der Waals surface area contributed by atoms with E-state index in [2.05, 4.69) is 18.7 Å². The average Bonchev–Trinajstić information content (AvgIpc) is 3.37. The first-order valence-electron chi connectivity index (χ1n) is 9.71. The van der Waals surface area contributed by atoms with E-state index in [4.69, 9.17) is 4.74 Å². The second-order valence-corrected chi connectivity index (χ2v) is 7.69. The molecule has 0 unspecified atom stereocenters. The van der Waals surface area contributed by atoms with E-state index in [1.54, 1.807) is 35.6 Å². The van der Waals surface area contributed by atoms with Gasteiger partial charge in [0.1, 0.15) is 5.75 Å². The third-order valence-electron chi connectivity index (χ3n) is 5.28. The highest BCUT2D eigenvalue weighted by Gasteiger charge is 2.44. The summed E-state index contributed by atoms with van der Waals surface area (Å²) in [6.45, 7) is 6.89. The molecule has 1 aliphatic heterocycles. The summed E-state index contributed by atoms with van der Waals surface area (Å²) >= 11 is 1.29. The number of nitrogens with zero attached hydrogens (tertiary/aromatic N) is 2. The molecule has 7 heteroatoms. The van der Waals surface area contributed by atoms with Gasteiger partial charge in [-0.15, -0.1) is 11.3 Å². The van der Waals surface area contributed by atoms with E-state index in [9.17, 15) is 14.7 Å². The minimum absolute atomic E-state index is 0.112. The molecule has 1 aliphatic rings. The Hall–Kier alpha value is -2.64. The molecule has 0 fully saturated rings. The molecule has 29 heavy (non-hydrogen) atoms. The summed E-state index contributed by atoms with van der Waals surface area (Å²) in [5.74, 6) is -0.747. The number of methoxy groups -OCH3 is 1. The normalized spacial score (nSPS) is 16.8. The number of ketones is 1. The van der Waals surface area contributed by atoms with E-state index in [1.807, 2.05) is 18.2 Å². The van der Waals surface area contributed by atoms with Gasteiger partial charge in [-0.2, -0.15) is 0 Å². The van der Waals surface area contributed by atoms with Gasteiger partial charge in [0, 0.05) is 18.7 Å². The molecule has 1 N–H and O–H groups in total. The molecule has 154 valence electrons. The molecule has 1 aromatic carbocycles. The van der Waals surface area contributed by atoms with Gasteiger partial charge in [-0.05, 0) is 30.6 Å². The topological polar surface area (TPSA) is 70.1 Å². The zero-order chi connectivity index (χ0) is 21.0. The molecular formula is C22H26N2O4S. The molecule has 0 saturated carbocycles. The van der Waals surface area contributed by atoms with Gasteiger partial charge in [-0.1, -0.05) is 38.1 Å². The number of amides is 1. The van der Waals surface area contributed by atoms with Crippen LogP contribution < -0.4 is 4.74 Å². The molecular weight excluding hydrogens is 388 g/mol. The van der Waals surface area contributed by atoms with Crippen molar-refractivity contribution in [3.8, 4) is 5.75 Å². The van der Waals surface area contributed by atoms with E-state index in [0.717, 1.165) is 13.1 Å². The van der Waals surface area contributed by atoms with Crippen LogP contribution in [0.3, 0.4) is 0 Å². The minimum atomic E-state index is -0.691. The number of carbonyl (C=O) groups is 2. The second kappa shape index (κ2) is 9.24. The van der Waals surface area contributed by atoms with Gasteiger partial charge in [-0.25, -0.2) is 0 Å². The number of ether oxygens (including phenoxy) is 1. The van der Waals surface area contributed by atoms with Crippen molar-refractivity contribution in [2.75, 3.05) is 33.3 Å². The molecule has 0 saturated heterocycles. The number of para-hydroxylation sites is 1. The summed E-state index contributed by atoms with van der Waals surface area (Å²) in [7, 11) is 1.56. The van der Waals surface area contributed by atoms with Gasteiger partial charge < -0.3 is 19.6 Å². The number of benzene rings is 1. The maximum absolute atomic E-state index is 13.2. The molecule has 0 radical (unpaired) electrons. The quantitative estimate of drug-likeness (QED) is 0.634. The summed E-state index contributed by atoms with van der Waals surface area (Å²) < 4.78 is 5.50. The van der Waals surface area contributed by atoms with Crippen LogP contribution in [0.25, 0.3) is 0 Å². The fraction of sp³-hybridized carbons (Fsp3) is 0.364. The number of thiophene rings is 1. The van der Waals surface area contributed by atoms with Crippen molar-refractivity contribution in [1.82, 2.24) is 9.80 Å². The van der Waals surface area contributed by atoms with Crippen molar-refractivity contribution in [3.63, 3.8) is 0 Å².